The van der Waals surface area contributed by atoms with Crippen molar-refractivity contribution in [2.45, 2.75) is 46.7 Å². The highest BCUT2D eigenvalue weighted by atomic mass is 16.1. The number of hydrogen-bond donors (Lipinski definition) is 1. The number of benzene rings is 2. The third-order valence-corrected chi connectivity index (χ3v) is 6.14. The van der Waals surface area contributed by atoms with Gasteiger partial charge < -0.3 is 5.32 Å². The van der Waals surface area contributed by atoms with Gasteiger partial charge in [-0.15, -0.1) is 10.2 Å². The van der Waals surface area contributed by atoms with E-state index in [0.29, 0.717) is 24.2 Å². The van der Waals surface area contributed by atoms with Gasteiger partial charge in [-0.05, 0) is 76.1 Å². The molecule has 0 aliphatic rings. The van der Waals surface area contributed by atoms with Crippen LogP contribution in [-0.4, -0.2) is 50.6 Å². The fraction of sp³-hybridized carbons (Fsp3) is 0.321. The number of carbonyl (C=O) groups excluding carboxylic acids is 1. The Kier molecular flexibility index (Phi) is 7.08. The van der Waals surface area contributed by atoms with Crippen LogP contribution in [0.3, 0.4) is 0 Å². The van der Waals surface area contributed by atoms with Crippen LogP contribution < -0.4 is 5.32 Å². The number of nitrogens with zero attached hydrogens (tertiary/aromatic N) is 4. The van der Waals surface area contributed by atoms with Crippen molar-refractivity contribution in [2.75, 3.05) is 13.1 Å². The Balaban J connectivity index is 1.49. The maximum Gasteiger partial charge on any atom is 0.251 e. The van der Waals surface area contributed by atoms with E-state index < -0.39 is 0 Å². The Bertz CT molecular complexity index is 1270. The summed E-state index contributed by atoms with van der Waals surface area (Å²) >= 11 is 0. The van der Waals surface area contributed by atoms with Gasteiger partial charge in [-0.1, -0.05) is 35.9 Å². The average molecular weight is 456 g/mol. The minimum absolute atomic E-state index is 0.0463. The molecule has 2 heterocycles. The fourth-order valence-electron chi connectivity index (χ4n) is 4.37. The molecule has 0 aliphatic carbocycles. The number of amides is 1. The van der Waals surface area contributed by atoms with Crippen LogP contribution in [0.25, 0.3) is 28.2 Å². The first-order chi connectivity index (χ1) is 16.3. The molecule has 2 aromatic carbocycles. The van der Waals surface area contributed by atoms with Gasteiger partial charge in [0.05, 0.1) is 0 Å². The van der Waals surface area contributed by atoms with Crippen LogP contribution in [0, 0.1) is 6.92 Å². The van der Waals surface area contributed by atoms with Crippen molar-refractivity contribution in [3.05, 3.63) is 78.0 Å². The Morgan fingerprint density at radius 2 is 1.62 bits per heavy atom. The minimum atomic E-state index is -0.0463. The molecule has 0 bridgehead atoms. The number of rotatable bonds is 8. The number of hydrogen-bond acceptors (Lipinski definition) is 4. The Labute approximate surface area is 201 Å². The summed E-state index contributed by atoms with van der Waals surface area (Å²) in [6, 6.07) is 20.9. The van der Waals surface area contributed by atoms with E-state index >= 15 is 0 Å². The standard InChI is InChI=1S/C28H33N5O/c1-19(2)32(20(3)4)16-15-29-28(34)23-11-9-22(10-12-23)25-13-14-26-30-31-27(33(26)18-25)24-8-6-7-21(5)17-24/h6-14,17-20H,15-16H2,1-5H3,(H,29,34). The lowest BCUT2D eigenvalue weighted by atomic mass is 10.1. The van der Waals surface area contributed by atoms with E-state index in [9.17, 15) is 4.79 Å². The summed E-state index contributed by atoms with van der Waals surface area (Å²) < 4.78 is 2.01. The zero-order valence-corrected chi connectivity index (χ0v) is 20.6. The second kappa shape index (κ2) is 10.2. The third kappa shape index (κ3) is 5.18. The Morgan fingerprint density at radius 1 is 0.912 bits per heavy atom. The normalized spacial score (nSPS) is 11.6. The van der Waals surface area contributed by atoms with E-state index in [0.717, 1.165) is 34.7 Å². The van der Waals surface area contributed by atoms with Crippen molar-refractivity contribution >= 4 is 11.6 Å². The first kappa shape index (κ1) is 23.6. The lowest BCUT2D eigenvalue weighted by Crippen LogP contribution is -2.42. The molecular weight excluding hydrogens is 422 g/mol. The summed E-state index contributed by atoms with van der Waals surface area (Å²) in [5.74, 6) is 0.767. The summed E-state index contributed by atoms with van der Waals surface area (Å²) in [7, 11) is 0. The second-order valence-electron chi connectivity index (χ2n) is 9.30. The van der Waals surface area contributed by atoms with Crippen molar-refractivity contribution in [1.82, 2.24) is 24.8 Å². The highest BCUT2D eigenvalue weighted by Gasteiger charge is 2.14. The fourth-order valence-corrected chi connectivity index (χ4v) is 4.37. The van der Waals surface area contributed by atoms with Crippen LogP contribution in [0.5, 0.6) is 0 Å². The smallest absolute Gasteiger partial charge is 0.251 e. The number of nitrogens with one attached hydrogen (secondary N) is 1. The summed E-state index contributed by atoms with van der Waals surface area (Å²) in [5.41, 5.74) is 5.75. The molecule has 1 amide bonds. The van der Waals surface area contributed by atoms with Gasteiger partial charge >= 0.3 is 0 Å². The first-order valence-corrected chi connectivity index (χ1v) is 11.9. The molecule has 0 radical (unpaired) electrons. The summed E-state index contributed by atoms with van der Waals surface area (Å²) in [4.78, 5) is 15.0. The van der Waals surface area contributed by atoms with Crippen LogP contribution in [0.4, 0.5) is 0 Å². The van der Waals surface area contributed by atoms with E-state index in [2.05, 4.69) is 73.4 Å². The van der Waals surface area contributed by atoms with Crippen LogP contribution in [-0.2, 0) is 0 Å². The minimum Gasteiger partial charge on any atom is -0.351 e. The van der Waals surface area contributed by atoms with Gasteiger partial charge in [0, 0.05) is 42.5 Å². The van der Waals surface area contributed by atoms with Crippen LogP contribution in [0.15, 0.2) is 66.9 Å². The number of aryl methyl sites for hydroxylation is 1. The molecule has 4 aromatic rings. The van der Waals surface area contributed by atoms with Gasteiger partial charge in [0.15, 0.2) is 11.5 Å². The van der Waals surface area contributed by atoms with E-state index in [1.165, 1.54) is 5.56 Å². The van der Waals surface area contributed by atoms with E-state index in [1.54, 1.807) is 0 Å². The zero-order valence-electron chi connectivity index (χ0n) is 20.6. The maximum absolute atomic E-state index is 12.6. The Hall–Kier alpha value is -3.51. The SMILES string of the molecule is Cc1cccc(-c2nnc3ccc(-c4ccc(C(=O)NCCN(C(C)C)C(C)C)cc4)cn23)c1. The maximum atomic E-state index is 12.6. The predicted molar refractivity (Wildman–Crippen MR) is 138 cm³/mol. The highest BCUT2D eigenvalue weighted by Crippen LogP contribution is 2.24. The van der Waals surface area contributed by atoms with Gasteiger partial charge in [-0.25, -0.2) is 0 Å². The second-order valence-corrected chi connectivity index (χ2v) is 9.30. The average Bonchev–Trinajstić information content (AvgIpc) is 3.24. The monoisotopic (exact) mass is 455 g/mol. The lowest BCUT2D eigenvalue weighted by Gasteiger charge is -2.30. The number of fused-ring (bicyclic) bond motifs is 1. The van der Waals surface area contributed by atoms with Crippen LogP contribution in [0.1, 0.15) is 43.6 Å². The number of pyridine rings is 1. The molecule has 6 nitrogen and oxygen atoms in total. The molecule has 4 rings (SSSR count). The molecule has 0 aliphatic heterocycles. The van der Waals surface area contributed by atoms with Gasteiger partial charge in [-0.3, -0.25) is 14.1 Å². The molecule has 0 fully saturated rings. The predicted octanol–water partition coefficient (Wildman–Crippen LogP) is 5.22. The van der Waals surface area contributed by atoms with Crippen molar-refractivity contribution in [1.29, 1.82) is 0 Å². The van der Waals surface area contributed by atoms with Gasteiger partial charge in [0.25, 0.3) is 5.91 Å². The van der Waals surface area contributed by atoms with Gasteiger partial charge in [0.1, 0.15) is 0 Å². The number of aromatic nitrogens is 3. The zero-order chi connectivity index (χ0) is 24.2. The molecular formula is C28H33N5O. The molecule has 0 saturated carbocycles. The van der Waals surface area contributed by atoms with E-state index in [4.69, 9.17) is 0 Å². The van der Waals surface area contributed by atoms with Crippen LogP contribution >= 0.6 is 0 Å². The van der Waals surface area contributed by atoms with Gasteiger partial charge in [-0.2, -0.15) is 0 Å². The molecule has 0 spiro atoms. The molecule has 1 N–H and O–H groups in total. The summed E-state index contributed by atoms with van der Waals surface area (Å²) in [6.45, 7) is 12.3. The number of carbonyl (C=O) groups is 1. The first-order valence-electron chi connectivity index (χ1n) is 11.9. The van der Waals surface area contributed by atoms with Crippen LogP contribution in [0.2, 0.25) is 0 Å². The molecule has 0 saturated heterocycles. The molecule has 6 heteroatoms. The molecule has 2 aromatic heterocycles. The molecule has 34 heavy (non-hydrogen) atoms. The topological polar surface area (TPSA) is 62.5 Å². The van der Waals surface area contributed by atoms with Gasteiger partial charge in [0.2, 0.25) is 0 Å². The molecule has 0 unspecified atom stereocenters. The highest BCUT2D eigenvalue weighted by molar-refractivity contribution is 5.94. The molecule has 176 valence electrons. The largest absolute Gasteiger partial charge is 0.351 e. The quantitative estimate of drug-likeness (QED) is 0.396. The van der Waals surface area contributed by atoms with Crippen molar-refractivity contribution in [3.63, 3.8) is 0 Å². The Morgan fingerprint density at radius 3 is 2.29 bits per heavy atom. The summed E-state index contributed by atoms with van der Waals surface area (Å²) in [5, 5.41) is 11.8. The van der Waals surface area contributed by atoms with Crippen molar-refractivity contribution < 1.29 is 4.79 Å². The van der Waals surface area contributed by atoms with E-state index in [1.807, 2.05) is 52.9 Å². The third-order valence-electron chi connectivity index (χ3n) is 6.14. The van der Waals surface area contributed by atoms with E-state index in [-0.39, 0.29) is 5.91 Å². The molecule has 0 atom stereocenters. The lowest BCUT2D eigenvalue weighted by molar-refractivity contribution is 0.0939. The summed E-state index contributed by atoms with van der Waals surface area (Å²) in [6.07, 6.45) is 2.05. The van der Waals surface area contributed by atoms with Crippen molar-refractivity contribution in [3.8, 4) is 22.5 Å². The van der Waals surface area contributed by atoms with Crippen molar-refractivity contribution in [2.24, 2.45) is 0 Å².